The average Bonchev–Trinajstić information content (AvgIpc) is 3.46. The maximum absolute atomic E-state index is 12.8. The molecule has 2 amide bonds. The van der Waals surface area contributed by atoms with E-state index < -0.39 is 0 Å². The van der Waals surface area contributed by atoms with Gasteiger partial charge in [0.25, 0.3) is 5.91 Å². The van der Waals surface area contributed by atoms with Crippen LogP contribution in [0.4, 0.5) is 17.1 Å². The number of nitrogens with zero attached hydrogens (tertiary/aromatic N) is 3. The fourth-order valence-corrected chi connectivity index (χ4v) is 4.83. The number of H-pyrrole nitrogens is 1. The van der Waals surface area contributed by atoms with Crippen LogP contribution in [0.1, 0.15) is 21.6 Å². The lowest BCUT2D eigenvalue weighted by molar-refractivity contribution is -0.117. The molecule has 8 heteroatoms. The molecule has 0 unspecified atom stereocenters. The second kappa shape index (κ2) is 8.98. The first-order valence-corrected chi connectivity index (χ1v) is 12.1. The van der Waals surface area contributed by atoms with E-state index in [9.17, 15) is 9.59 Å². The van der Waals surface area contributed by atoms with Gasteiger partial charge in [-0.2, -0.15) is 5.10 Å². The SMILES string of the molecule is Cc1cc2cc(NC(=O)c3ccc(NCn4ncc5c4-c4ccccc4N(C)C(=O)C5)cc3)ccc2[nH]1. The van der Waals surface area contributed by atoms with Crippen LogP contribution in [0.15, 0.2) is 79.0 Å². The number of para-hydroxylation sites is 1. The molecule has 3 aromatic carbocycles. The molecule has 0 saturated heterocycles. The number of carbonyl (C=O) groups excluding carboxylic acids is 2. The van der Waals surface area contributed by atoms with E-state index in [2.05, 4.69) is 26.8 Å². The van der Waals surface area contributed by atoms with Crippen LogP contribution in [0.3, 0.4) is 0 Å². The fourth-order valence-electron chi connectivity index (χ4n) is 4.83. The number of hydrogen-bond acceptors (Lipinski definition) is 4. The van der Waals surface area contributed by atoms with Crippen LogP contribution in [0.2, 0.25) is 0 Å². The maximum Gasteiger partial charge on any atom is 0.255 e. The Hall–Kier alpha value is -4.85. The number of benzene rings is 3. The summed E-state index contributed by atoms with van der Waals surface area (Å²) in [4.78, 5) is 30.4. The number of carbonyl (C=O) groups is 2. The molecule has 37 heavy (non-hydrogen) atoms. The molecule has 5 aromatic rings. The molecule has 6 rings (SSSR count). The molecular weight excluding hydrogens is 464 g/mol. The van der Waals surface area contributed by atoms with E-state index in [1.807, 2.05) is 66.2 Å². The highest BCUT2D eigenvalue weighted by molar-refractivity contribution is 6.05. The highest BCUT2D eigenvalue weighted by Crippen LogP contribution is 2.36. The van der Waals surface area contributed by atoms with Gasteiger partial charge in [0.1, 0.15) is 6.67 Å². The van der Waals surface area contributed by atoms with Crippen LogP contribution in [0.5, 0.6) is 0 Å². The third-order valence-electron chi connectivity index (χ3n) is 6.74. The Morgan fingerprint density at radius 3 is 2.65 bits per heavy atom. The van der Waals surface area contributed by atoms with Gasteiger partial charge in [-0.25, -0.2) is 4.68 Å². The summed E-state index contributed by atoms with van der Waals surface area (Å²) in [5.74, 6) is -0.128. The Balaban J connectivity index is 1.16. The quantitative estimate of drug-likeness (QED) is 0.316. The summed E-state index contributed by atoms with van der Waals surface area (Å²) >= 11 is 0. The molecule has 8 nitrogen and oxygen atoms in total. The number of nitrogens with one attached hydrogen (secondary N) is 3. The Morgan fingerprint density at radius 1 is 1.03 bits per heavy atom. The van der Waals surface area contributed by atoms with Crippen molar-refractivity contribution in [2.75, 3.05) is 22.6 Å². The third kappa shape index (κ3) is 4.23. The second-order valence-electron chi connectivity index (χ2n) is 9.29. The molecule has 2 aromatic heterocycles. The fraction of sp³-hybridized carbons (Fsp3) is 0.138. The van der Waals surface area contributed by atoms with E-state index in [1.54, 1.807) is 30.3 Å². The lowest BCUT2D eigenvalue weighted by Gasteiger charge is -2.18. The van der Waals surface area contributed by atoms with Gasteiger partial charge < -0.3 is 20.5 Å². The van der Waals surface area contributed by atoms with Gasteiger partial charge in [-0.3, -0.25) is 9.59 Å². The summed E-state index contributed by atoms with van der Waals surface area (Å²) in [5.41, 5.74) is 8.00. The van der Waals surface area contributed by atoms with Gasteiger partial charge in [0.15, 0.2) is 0 Å². The summed E-state index contributed by atoms with van der Waals surface area (Å²) < 4.78 is 1.88. The molecule has 1 aliphatic heterocycles. The van der Waals surface area contributed by atoms with Crippen LogP contribution in [-0.4, -0.2) is 33.6 Å². The zero-order valence-electron chi connectivity index (χ0n) is 20.6. The minimum absolute atomic E-state index is 0.0377. The van der Waals surface area contributed by atoms with Gasteiger partial charge in [-0.1, -0.05) is 18.2 Å². The predicted molar refractivity (Wildman–Crippen MR) is 146 cm³/mol. The molecule has 0 atom stereocenters. The van der Waals surface area contributed by atoms with Crippen LogP contribution >= 0.6 is 0 Å². The molecule has 184 valence electrons. The predicted octanol–water partition coefficient (Wildman–Crippen LogP) is 5.18. The number of fused-ring (bicyclic) bond motifs is 4. The van der Waals surface area contributed by atoms with Gasteiger partial charge in [0.05, 0.1) is 24.0 Å². The molecule has 0 fully saturated rings. The molecule has 3 N–H and O–H groups in total. The monoisotopic (exact) mass is 490 g/mol. The Bertz CT molecular complexity index is 1650. The number of rotatable bonds is 5. The first-order chi connectivity index (χ1) is 18.0. The van der Waals surface area contributed by atoms with E-state index in [-0.39, 0.29) is 11.8 Å². The molecule has 0 spiro atoms. The Kier molecular flexibility index (Phi) is 5.49. The van der Waals surface area contributed by atoms with E-state index >= 15 is 0 Å². The molecule has 0 aliphatic carbocycles. The highest BCUT2D eigenvalue weighted by atomic mass is 16.2. The van der Waals surface area contributed by atoms with Gasteiger partial charge in [-0.15, -0.1) is 0 Å². The van der Waals surface area contributed by atoms with Crippen molar-refractivity contribution in [3.05, 3.63) is 95.8 Å². The van der Waals surface area contributed by atoms with Crippen molar-refractivity contribution in [3.8, 4) is 11.3 Å². The number of anilines is 3. The van der Waals surface area contributed by atoms with E-state index in [0.29, 0.717) is 18.7 Å². The van der Waals surface area contributed by atoms with E-state index in [4.69, 9.17) is 0 Å². The largest absolute Gasteiger partial charge is 0.366 e. The van der Waals surface area contributed by atoms with Gasteiger partial charge in [0, 0.05) is 51.7 Å². The third-order valence-corrected chi connectivity index (χ3v) is 6.74. The molecule has 0 radical (unpaired) electrons. The smallest absolute Gasteiger partial charge is 0.255 e. The topological polar surface area (TPSA) is 95.1 Å². The molecule has 0 saturated carbocycles. The molecular formula is C29H26N6O2. The minimum Gasteiger partial charge on any atom is -0.366 e. The molecule has 3 heterocycles. The maximum atomic E-state index is 12.8. The standard InChI is InChI=1S/C29H26N6O2/c1-18-13-20-14-23(11-12-25(20)32-18)33-29(37)19-7-9-22(10-8-19)30-17-35-28-21(16-31-35)15-27(36)34(2)26-6-4-3-5-24(26)28/h3-14,16,30,32H,15,17H2,1-2H3,(H,33,37). The van der Waals surface area contributed by atoms with Crippen molar-refractivity contribution >= 4 is 39.8 Å². The molecule has 0 bridgehead atoms. The first kappa shape index (κ1) is 22.6. The van der Waals surface area contributed by atoms with Crippen molar-refractivity contribution in [1.82, 2.24) is 14.8 Å². The summed E-state index contributed by atoms with van der Waals surface area (Å²) in [6.07, 6.45) is 2.07. The Morgan fingerprint density at radius 2 is 1.81 bits per heavy atom. The summed E-state index contributed by atoms with van der Waals surface area (Å²) in [6.45, 7) is 2.43. The van der Waals surface area contributed by atoms with Crippen LogP contribution in [0, 0.1) is 6.92 Å². The lowest BCUT2D eigenvalue weighted by Crippen LogP contribution is -2.26. The van der Waals surface area contributed by atoms with Crippen LogP contribution in [0.25, 0.3) is 22.2 Å². The van der Waals surface area contributed by atoms with Gasteiger partial charge in [0.2, 0.25) is 5.91 Å². The normalized spacial score (nSPS) is 12.7. The average molecular weight is 491 g/mol. The number of aromatic nitrogens is 3. The number of likely N-dealkylation sites (N-methyl/N-ethyl adjacent to an activating group) is 1. The zero-order chi connectivity index (χ0) is 25.5. The zero-order valence-corrected chi connectivity index (χ0v) is 20.6. The van der Waals surface area contributed by atoms with Crippen molar-refractivity contribution in [2.24, 2.45) is 0 Å². The number of aromatic amines is 1. The van der Waals surface area contributed by atoms with Crippen molar-refractivity contribution in [3.63, 3.8) is 0 Å². The Labute approximate surface area is 213 Å². The van der Waals surface area contributed by atoms with Crippen LogP contribution in [-0.2, 0) is 17.9 Å². The lowest BCUT2D eigenvalue weighted by atomic mass is 10.1. The van der Waals surface area contributed by atoms with E-state index in [0.717, 1.165) is 50.5 Å². The minimum atomic E-state index is -0.166. The van der Waals surface area contributed by atoms with Crippen molar-refractivity contribution in [2.45, 2.75) is 20.0 Å². The number of aryl methyl sites for hydroxylation is 1. The van der Waals surface area contributed by atoms with Crippen LogP contribution < -0.4 is 15.5 Å². The summed E-state index contributed by atoms with van der Waals surface area (Å²) in [6, 6.07) is 23.1. The highest BCUT2D eigenvalue weighted by Gasteiger charge is 2.26. The first-order valence-electron chi connectivity index (χ1n) is 12.1. The van der Waals surface area contributed by atoms with Gasteiger partial charge in [-0.05, 0) is 61.5 Å². The van der Waals surface area contributed by atoms with E-state index in [1.165, 1.54) is 0 Å². The van der Waals surface area contributed by atoms with Crippen molar-refractivity contribution in [1.29, 1.82) is 0 Å². The summed E-state index contributed by atoms with van der Waals surface area (Å²) in [7, 11) is 1.81. The number of hydrogen-bond donors (Lipinski definition) is 3. The molecule has 1 aliphatic rings. The second-order valence-corrected chi connectivity index (χ2v) is 9.29. The summed E-state index contributed by atoms with van der Waals surface area (Å²) in [5, 5.41) is 12.0. The van der Waals surface area contributed by atoms with Crippen molar-refractivity contribution < 1.29 is 9.59 Å². The number of amides is 2. The van der Waals surface area contributed by atoms with Gasteiger partial charge >= 0.3 is 0 Å².